The van der Waals surface area contributed by atoms with Gasteiger partial charge in [0.05, 0.1) is 5.69 Å². The Morgan fingerprint density at radius 1 is 0.971 bits per heavy atom. The lowest BCUT2D eigenvalue weighted by molar-refractivity contribution is 0.0705. The molecule has 1 aliphatic rings. The Hall–Kier alpha value is -3.64. The molecule has 1 fully saturated rings. The molecular weight excluding hydrogens is 446 g/mol. The van der Waals surface area contributed by atoms with E-state index in [1.807, 2.05) is 72.6 Å². The van der Waals surface area contributed by atoms with Gasteiger partial charge in [0.2, 0.25) is 0 Å². The number of carbonyl (C=O) groups is 1. The Kier molecular flexibility index (Phi) is 7.28. The van der Waals surface area contributed by atoms with Crippen molar-refractivity contribution in [2.24, 2.45) is 0 Å². The van der Waals surface area contributed by atoms with E-state index in [0.29, 0.717) is 12.4 Å². The monoisotopic (exact) mass is 471 g/mol. The Morgan fingerprint density at radius 2 is 1.76 bits per heavy atom. The highest BCUT2D eigenvalue weighted by Crippen LogP contribution is 2.34. The van der Waals surface area contributed by atoms with Crippen LogP contribution >= 0.6 is 12.4 Å². The molecule has 6 nitrogen and oxygen atoms in total. The second-order valence-electron chi connectivity index (χ2n) is 8.35. The molecule has 1 saturated heterocycles. The minimum Gasteiger partial charge on any atom is -0.338 e. The van der Waals surface area contributed by atoms with Crippen molar-refractivity contribution in [1.29, 1.82) is 0 Å². The summed E-state index contributed by atoms with van der Waals surface area (Å²) in [5.41, 5.74) is 5.47. The van der Waals surface area contributed by atoms with Gasteiger partial charge in [-0.15, -0.1) is 12.4 Å². The number of aromatic nitrogens is 4. The molecule has 3 aromatic heterocycles. The summed E-state index contributed by atoms with van der Waals surface area (Å²) < 4.78 is 0. The highest BCUT2D eigenvalue weighted by atomic mass is 35.5. The number of benzene rings is 1. The summed E-state index contributed by atoms with van der Waals surface area (Å²) in [6, 6.07) is 17.5. The number of piperidine rings is 1. The van der Waals surface area contributed by atoms with Crippen LogP contribution in [0.4, 0.5) is 0 Å². The van der Waals surface area contributed by atoms with Gasteiger partial charge in [-0.1, -0.05) is 24.3 Å². The fraction of sp³-hybridized carbons (Fsp3) is 0.222. The van der Waals surface area contributed by atoms with Gasteiger partial charge in [-0.3, -0.25) is 14.8 Å². The minimum absolute atomic E-state index is 0. The largest absolute Gasteiger partial charge is 0.338 e. The molecule has 4 heterocycles. The maximum Gasteiger partial charge on any atom is 0.254 e. The molecule has 1 unspecified atom stereocenters. The summed E-state index contributed by atoms with van der Waals surface area (Å²) in [6.07, 6.45) is 9.08. The number of nitrogens with zero attached hydrogens (tertiary/aromatic N) is 5. The smallest absolute Gasteiger partial charge is 0.254 e. The van der Waals surface area contributed by atoms with Gasteiger partial charge in [0.1, 0.15) is 5.69 Å². The Bertz CT molecular complexity index is 1270. The zero-order valence-electron chi connectivity index (χ0n) is 19.0. The highest BCUT2D eigenvalue weighted by Gasteiger charge is 2.29. The summed E-state index contributed by atoms with van der Waals surface area (Å²) in [5.74, 6) is 0.799. The van der Waals surface area contributed by atoms with Crippen molar-refractivity contribution in [3.8, 4) is 22.6 Å². The van der Waals surface area contributed by atoms with Gasteiger partial charge in [0, 0.05) is 54.9 Å². The first-order chi connectivity index (χ1) is 16.2. The van der Waals surface area contributed by atoms with E-state index in [1.54, 1.807) is 18.6 Å². The molecule has 0 spiro atoms. The molecule has 0 saturated carbocycles. The van der Waals surface area contributed by atoms with Crippen molar-refractivity contribution in [3.63, 3.8) is 0 Å². The third-order valence-electron chi connectivity index (χ3n) is 6.17. The summed E-state index contributed by atoms with van der Waals surface area (Å²) in [7, 11) is 0. The van der Waals surface area contributed by atoms with Crippen molar-refractivity contribution in [3.05, 3.63) is 96.2 Å². The number of halogens is 1. The van der Waals surface area contributed by atoms with Gasteiger partial charge in [0.25, 0.3) is 5.91 Å². The lowest BCUT2D eigenvalue weighted by atomic mass is 9.89. The standard InChI is InChI=1S/C27H25N5O.ClH/c1-19-7-2-3-9-22(19)27(33)32-16-6-8-21(18-32)25-23(20-11-14-28-15-12-20)17-30-26(31-25)24-10-4-5-13-29-24;/h2-5,7,9-15,17,21H,6,8,16,18H2,1H3;1H. The number of likely N-dealkylation sites (tertiary alicyclic amines) is 1. The molecule has 34 heavy (non-hydrogen) atoms. The Morgan fingerprint density at radius 3 is 2.53 bits per heavy atom. The van der Waals surface area contributed by atoms with Crippen LogP contribution in [0, 0.1) is 6.92 Å². The van der Waals surface area contributed by atoms with Gasteiger partial charge in [0.15, 0.2) is 5.82 Å². The van der Waals surface area contributed by atoms with Crippen LogP contribution in [0.25, 0.3) is 22.6 Å². The first-order valence-corrected chi connectivity index (χ1v) is 11.2. The molecule has 0 N–H and O–H groups in total. The molecule has 172 valence electrons. The van der Waals surface area contributed by atoms with E-state index < -0.39 is 0 Å². The second-order valence-corrected chi connectivity index (χ2v) is 8.35. The summed E-state index contributed by atoms with van der Waals surface area (Å²) in [4.78, 5) is 33.5. The van der Waals surface area contributed by atoms with Gasteiger partial charge in [-0.2, -0.15) is 0 Å². The molecule has 1 amide bonds. The molecule has 1 aliphatic heterocycles. The van der Waals surface area contributed by atoms with E-state index in [9.17, 15) is 4.79 Å². The SMILES string of the molecule is Cc1ccccc1C(=O)N1CCCC(c2nc(-c3ccccn3)ncc2-c2ccncc2)C1.Cl. The number of aryl methyl sites for hydroxylation is 1. The highest BCUT2D eigenvalue weighted by molar-refractivity contribution is 5.95. The quantitative estimate of drug-likeness (QED) is 0.401. The third-order valence-corrected chi connectivity index (χ3v) is 6.17. The van der Waals surface area contributed by atoms with Gasteiger partial charge in [-0.05, 0) is 61.2 Å². The molecule has 0 bridgehead atoms. The number of carbonyl (C=O) groups excluding carboxylic acids is 1. The predicted octanol–water partition coefficient (Wildman–Crippen LogP) is 5.35. The maximum atomic E-state index is 13.3. The van der Waals surface area contributed by atoms with Crippen molar-refractivity contribution in [2.45, 2.75) is 25.7 Å². The van der Waals surface area contributed by atoms with E-state index >= 15 is 0 Å². The predicted molar refractivity (Wildman–Crippen MR) is 135 cm³/mol. The number of rotatable bonds is 4. The summed E-state index contributed by atoms with van der Waals surface area (Å²) >= 11 is 0. The zero-order chi connectivity index (χ0) is 22.6. The molecule has 4 aromatic rings. The lowest BCUT2D eigenvalue weighted by Gasteiger charge is -2.33. The maximum absolute atomic E-state index is 13.3. The fourth-order valence-electron chi connectivity index (χ4n) is 4.45. The van der Waals surface area contributed by atoms with Crippen LogP contribution in [0.5, 0.6) is 0 Å². The van der Waals surface area contributed by atoms with Crippen LogP contribution in [0.3, 0.4) is 0 Å². The van der Waals surface area contributed by atoms with Crippen LogP contribution in [0.1, 0.15) is 40.4 Å². The molecule has 1 aromatic carbocycles. The Balaban J connectivity index is 0.00000274. The minimum atomic E-state index is 0. The fourth-order valence-corrected chi connectivity index (χ4v) is 4.45. The van der Waals surface area contributed by atoms with Crippen molar-refractivity contribution < 1.29 is 4.79 Å². The zero-order valence-corrected chi connectivity index (χ0v) is 19.8. The van der Waals surface area contributed by atoms with Crippen molar-refractivity contribution in [2.75, 3.05) is 13.1 Å². The van der Waals surface area contributed by atoms with E-state index in [2.05, 4.69) is 15.0 Å². The topological polar surface area (TPSA) is 71.9 Å². The lowest BCUT2D eigenvalue weighted by Crippen LogP contribution is -2.39. The van der Waals surface area contributed by atoms with E-state index in [-0.39, 0.29) is 24.2 Å². The van der Waals surface area contributed by atoms with E-state index in [1.165, 1.54) is 0 Å². The van der Waals surface area contributed by atoms with Crippen molar-refractivity contribution >= 4 is 18.3 Å². The third kappa shape index (κ3) is 4.82. The average Bonchev–Trinajstić information content (AvgIpc) is 2.89. The van der Waals surface area contributed by atoms with Gasteiger partial charge in [-0.25, -0.2) is 9.97 Å². The first kappa shape index (κ1) is 23.5. The number of amides is 1. The number of hydrogen-bond acceptors (Lipinski definition) is 5. The number of pyridine rings is 2. The molecule has 0 radical (unpaired) electrons. The van der Waals surface area contributed by atoms with Gasteiger partial charge < -0.3 is 4.90 Å². The summed E-state index contributed by atoms with van der Waals surface area (Å²) in [6.45, 7) is 3.37. The van der Waals surface area contributed by atoms with Crippen LogP contribution in [0.15, 0.2) is 79.4 Å². The molecule has 0 aliphatic carbocycles. The average molecular weight is 472 g/mol. The van der Waals surface area contributed by atoms with Crippen LogP contribution < -0.4 is 0 Å². The van der Waals surface area contributed by atoms with Crippen LogP contribution in [-0.2, 0) is 0 Å². The number of hydrogen-bond donors (Lipinski definition) is 0. The second kappa shape index (κ2) is 10.5. The van der Waals surface area contributed by atoms with Crippen molar-refractivity contribution in [1.82, 2.24) is 24.8 Å². The Labute approximate surface area is 205 Å². The molecular formula is C27H26ClN5O. The van der Waals surface area contributed by atoms with Crippen LogP contribution in [0.2, 0.25) is 0 Å². The van der Waals surface area contributed by atoms with Crippen LogP contribution in [-0.4, -0.2) is 43.8 Å². The first-order valence-electron chi connectivity index (χ1n) is 11.2. The molecule has 5 rings (SSSR count). The van der Waals surface area contributed by atoms with E-state index in [4.69, 9.17) is 4.98 Å². The normalized spacial score (nSPS) is 15.4. The van der Waals surface area contributed by atoms with E-state index in [0.717, 1.165) is 53.0 Å². The summed E-state index contributed by atoms with van der Waals surface area (Å²) in [5, 5.41) is 0. The molecule has 7 heteroatoms. The molecule has 1 atom stereocenters. The van der Waals surface area contributed by atoms with Gasteiger partial charge >= 0.3 is 0 Å².